The van der Waals surface area contributed by atoms with Crippen molar-refractivity contribution in [1.82, 2.24) is 14.5 Å². The molecule has 3 aromatic carbocycles. The fourth-order valence-corrected chi connectivity index (χ4v) is 9.62. The first-order valence-electron chi connectivity index (χ1n) is 20.0. The Morgan fingerprint density at radius 3 is 2.48 bits per heavy atom. The molecule has 0 spiro atoms. The summed E-state index contributed by atoms with van der Waals surface area (Å²) in [5.74, 6) is 1.17. The lowest BCUT2D eigenvalue weighted by Gasteiger charge is -2.51. The second-order valence-corrected chi connectivity index (χ2v) is 15.7. The van der Waals surface area contributed by atoms with Gasteiger partial charge in [-0.3, -0.25) is 4.79 Å². The third kappa shape index (κ3) is 8.12. The van der Waals surface area contributed by atoms with Gasteiger partial charge in [0, 0.05) is 68.7 Å². The lowest BCUT2D eigenvalue weighted by molar-refractivity contribution is -0.152. The van der Waals surface area contributed by atoms with E-state index in [9.17, 15) is 9.59 Å². The Morgan fingerprint density at radius 2 is 1.74 bits per heavy atom. The van der Waals surface area contributed by atoms with Gasteiger partial charge in [0.05, 0.1) is 11.3 Å². The van der Waals surface area contributed by atoms with E-state index in [1.807, 2.05) is 62.5 Å². The third-order valence-corrected chi connectivity index (χ3v) is 12.3. The molecule has 3 aliphatic rings. The van der Waals surface area contributed by atoms with E-state index in [-0.39, 0.29) is 42.3 Å². The number of esters is 2. The van der Waals surface area contributed by atoms with Gasteiger partial charge in [-0.15, -0.1) is 0 Å². The molecule has 2 saturated heterocycles. The van der Waals surface area contributed by atoms with E-state index in [0.29, 0.717) is 24.4 Å². The van der Waals surface area contributed by atoms with Gasteiger partial charge in [0.1, 0.15) is 24.4 Å². The van der Waals surface area contributed by atoms with Crippen molar-refractivity contribution in [2.24, 2.45) is 17.8 Å². The van der Waals surface area contributed by atoms with Crippen LogP contribution in [0.1, 0.15) is 85.2 Å². The molecule has 3 heterocycles. The smallest absolute Gasteiger partial charge is 0.340 e. The van der Waals surface area contributed by atoms with Gasteiger partial charge in [0.15, 0.2) is 0 Å². The first-order valence-corrected chi connectivity index (χ1v) is 20.0. The number of anilines is 1. The van der Waals surface area contributed by atoms with Gasteiger partial charge in [0.25, 0.3) is 0 Å². The molecular formula is C45H55FN4O4. The van der Waals surface area contributed by atoms with Gasteiger partial charge in [-0.1, -0.05) is 67.9 Å². The van der Waals surface area contributed by atoms with Crippen LogP contribution in [0.2, 0.25) is 0 Å². The number of piperidine rings is 1. The molecule has 4 aromatic rings. The number of imidazole rings is 1. The van der Waals surface area contributed by atoms with Crippen LogP contribution in [0.5, 0.6) is 0 Å². The summed E-state index contributed by atoms with van der Waals surface area (Å²) in [6, 6.07) is 23.1. The highest BCUT2D eigenvalue weighted by atomic mass is 19.1. The summed E-state index contributed by atoms with van der Waals surface area (Å²) in [7, 11) is 0. The topological polar surface area (TPSA) is 76.9 Å². The average molecular weight is 735 g/mol. The Balaban J connectivity index is 1.06. The van der Waals surface area contributed by atoms with Crippen molar-refractivity contribution in [2.75, 3.05) is 37.6 Å². The molecule has 1 saturated carbocycles. The van der Waals surface area contributed by atoms with Crippen LogP contribution < -0.4 is 4.90 Å². The van der Waals surface area contributed by atoms with E-state index >= 15 is 4.39 Å². The molecule has 9 heteroatoms. The van der Waals surface area contributed by atoms with Crippen LogP contribution in [0.3, 0.4) is 0 Å². The normalized spacial score (nSPS) is 20.7. The van der Waals surface area contributed by atoms with Gasteiger partial charge in [-0.05, 0) is 93.4 Å². The number of likely N-dealkylation sites (tertiary alicyclic amines) is 1. The summed E-state index contributed by atoms with van der Waals surface area (Å²) < 4.78 is 29.4. The van der Waals surface area contributed by atoms with Crippen LogP contribution in [-0.4, -0.2) is 65.2 Å². The number of aromatic nitrogens is 2. The number of nitrogens with zero attached hydrogens (tertiary/aromatic N) is 4. The summed E-state index contributed by atoms with van der Waals surface area (Å²) in [4.78, 5) is 35.6. The minimum absolute atomic E-state index is 0.0711. The van der Waals surface area contributed by atoms with E-state index in [1.54, 1.807) is 6.07 Å². The van der Waals surface area contributed by atoms with Crippen molar-refractivity contribution in [1.29, 1.82) is 0 Å². The summed E-state index contributed by atoms with van der Waals surface area (Å²) >= 11 is 0. The maximum Gasteiger partial charge on any atom is 0.340 e. The zero-order chi connectivity index (χ0) is 37.7. The van der Waals surface area contributed by atoms with Crippen LogP contribution in [0.15, 0.2) is 85.2 Å². The molecule has 8 nitrogen and oxygen atoms in total. The molecule has 3 fully saturated rings. The molecule has 0 radical (unpaired) electrons. The summed E-state index contributed by atoms with van der Waals surface area (Å²) in [6.07, 6.45) is 9.60. The van der Waals surface area contributed by atoms with Gasteiger partial charge in [-0.25, -0.2) is 14.2 Å². The van der Waals surface area contributed by atoms with E-state index < -0.39 is 5.41 Å². The second-order valence-electron chi connectivity index (χ2n) is 15.7. The van der Waals surface area contributed by atoms with Gasteiger partial charge in [0.2, 0.25) is 0 Å². The van der Waals surface area contributed by atoms with E-state index in [2.05, 4.69) is 50.7 Å². The number of carbonyl (C=O) groups excluding carboxylic acids is 2. The van der Waals surface area contributed by atoms with E-state index in [4.69, 9.17) is 9.47 Å². The third-order valence-electron chi connectivity index (χ3n) is 12.3. The van der Waals surface area contributed by atoms with Gasteiger partial charge < -0.3 is 23.8 Å². The number of aryl methyl sites for hydroxylation is 2. The molecule has 0 amide bonds. The maximum absolute atomic E-state index is 15.2. The maximum atomic E-state index is 15.2. The lowest BCUT2D eigenvalue weighted by atomic mass is 9.58. The van der Waals surface area contributed by atoms with Gasteiger partial charge >= 0.3 is 11.9 Å². The fraction of sp³-hybridized carbons (Fsp3) is 0.489. The number of hydrogen-bond acceptors (Lipinski definition) is 7. The number of ether oxygens (including phenoxy) is 2. The first kappa shape index (κ1) is 37.8. The van der Waals surface area contributed by atoms with Crippen molar-refractivity contribution in [2.45, 2.75) is 90.4 Å². The Kier molecular flexibility index (Phi) is 11.8. The van der Waals surface area contributed by atoms with Crippen molar-refractivity contribution >= 4 is 17.6 Å². The van der Waals surface area contributed by atoms with Crippen molar-refractivity contribution < 1.29 is 23.5 Å². The van der Waals surface area contributed by atoms with E-state index in [1.165, 1.54) is 6.07 Å². The number of benzene rings is 3. The second kappa shape index (κ2) is 16.9. The van der Waals surface area contributed by atoms with Gasteiger partial charge in [-0.2, -0.15) is 0 Å². The molecule has 2 aliphatic heterocycles. The molecule has 54 heavy (non-hydrogen) atoms. The monoisotopic (exact) mass is 734 g/mol. The number of carbonyl (C=O) groups is 2. The molecule has 1 aromatic heterocycles. The standard InChI is InChI=1S/C45H55FN4O4/c1-4-42-47-21-24-49(42)31-45(36-13-9-14-37(46)26-36,39-15-10-16-41(39)54-43(51)5-2)35-19-22-48(23-20-35)27-34-28-50(29-34)40-18-17-32(3)25-38(40)44(52)53-30-33-11-7-6-8-12-33/h6-9,11-14,17-18,21,24-26,34-35,39,41H,4-5,10,15-16,19-20,22-23,27-31H2,1-3H3/t39-,41-,45-/m0/s1. The number of hydrogen-bond donors (Lipinski definition) is 0. The highest BCUT2D eigenvalue weighted by Gasteiger charge is 2.53. The predicted octanol–water partition coefficient (Wildman–Crippen LogP) is 8.16. The Hall–Kier alpha value is -4.50. The highest BCUT2D eigenvalue weighted by molar-refractivity contribution is 5.96. The largest absolute Gasteiger partial charge is 0.462 e. The zero-order valence-corrected chi connectivity index (χ0v) is 32.1. The zero-order valence-electron chi connectivity index (χ0n) is 32.1. The molecule has 0 N–H and O–H groups in total. The van der Waals surface area contributed by atoms with Crippen molar-refractivity contribution in [3.8, 4) is 0 Å². The van der Waals surface area contributed by atoms with Crippen molar-refractivity contribution in [3.05, 3.63) is 119 Å². The summed E-state index contributed by atoms with van der Waals surface area (Å²) in [6.45, 7) is 11.6. The summed E-state index contributed by atoms with van der Waals surface area (Å²) in [5, 5.41) is 0. The minimum Gasteiger partial charge on any atom is -0.462 e. The quantitative estimate of drug-likeness (QED) is 0.121. The van der Waals surface area contributed by atoms with E-state index in [0.717, 1.165) is 99.5 Å². The van der Waals surface area contributed by atoms with Crippen LogP contribution in [0.25, 0.3) is 0 Å². The summed E-state index contributed by atoms with van der Waals surface area (Å²) in [5.41, 5.74) is 4.14. The van der Waals surface area contributed by atoms with Crippen LogP contribution in [0.4, 0.5) is 10.1 Å². The number of rotatable bonds is 14. The minimum atomic E-state index is -0.432. The van der Waals surface area contributed by atoms with Crippen LogP contribution in [0, 0.1) is 30.5 Å². The molecule has 1 aliphatic carbocycles. The average Bonchev–Trinajstić information content (AvgIpc) is 3.84. The van der Waals surface area contributed by atoms with Crippen LogP contribution >= 0.6 is 0 Å². The molecule has 3 atom stereocenters. The number of halogens is 1. The Bertz CT molecular complexity index is 1880. The Morgan fingerprint density at radius 1 is 0.944 bits per heavy atom. The highest BCUT2D eigenvalue weighted by Crippen LogP contribution is 2.52. The predicted molar refractivity (Wildman–Crippen MR) is 209 cm³/mol. The molecule has 286 valence electrons. The molecule has 7 rings (SSSR count). The van der Waals surface area contributed by atoms with Crippen molar-refractivity contribution in [3.63, 3.8) is 0 Å². The Labute approximate surface area is 319 Å². The fourth-order valence-electron chi connectivity index (χ4n) is 9.62. The lowest BCUT2D eigenvalue weighted by Crippen LogP contribution is -2.55. The molecule has 0 unspecified atom stereocenters. The first-order chi connectivity index (χ1) is 26.3. The molecule has 0 bridgehead atoms. The molecular weight excluding hydrogens is 680 g/mol. The van der Waals surface area contributed by atoms with Crippen LogP contribution in [-0.2, 0) is 39.3 Å². The SMILES string of the molecule is CCC(=O)O[C@H]1CCC[C@@H]1[C@](Cn1ccnc1CC)(c1cccc(F)c1)C1CCN(CC2CN(c3ccc(C)cc3C(=O)OCc3ccccc3)C2)CC1.